The number of aliphatic hydroxyl groups excluding tert-OH is 1. The Balaban J connectivity index is 1.52. The van der Waals surface area contributed by atoms with E-state index in [-0.39, 0.29) is 31.3 Å². The van der Waals surface area contributed by atoms with Gasteiger partial charge in [0, 0.05) is 23.7 Å². The lowest BCUT2D eigenvalue weighted by Gasteiger charge is -2.43. The number of ether oxygens (including phenoxy) is 3. The molecular weight excluding hydrogens is 468 g/mol. The number of amides is 1. The van der Waals surface area contributed by atoms with Gasteiger partial charge in [0.15, 0.2) is 6.29 Å². The first kappa shape index (κ1) is 27.3. The van der Waals surface area contributed by atoms with Gasteiger partial charge in [0.2, 0.25) is 0 Å². The fourth-order valence-corrected chi connectivity index (χ4v) is 5.09. The number of aliphatic hydroxyl groups is 1. The molecule has 4 rings (SSSR count). The maximum absolute atomic E-state index is 11.9. The Morgan fingerprint density at radius 1 is 1.03 bits per heavy atom. The van der Waals surface area contributed by atoms with Crippen LogP contribution in [0.25, 0.3) is 0 Å². The van der Waals surface area contributed by atoms with Gasteiger partial charge in [0.1, 0.15) is 6.61 Å². The first-order valence-corrected chi connectivity index (χ1v) is 13.4. The summed E-state index contributed by atoms with van der Waals surface area (Å²) in [5.74, 6) is 0.155. The topological polar surface area (TPSA) is 80.3 Å². The molecule has 200 valence electrons. The molecule has 2 aliphatic heterocycles. The summed E-state index contributed by atoms with van der Waals surface area (Å²) in [5.41, 5.74) is 3.49. The molecule has 0 bridgehead atoms. The molecule has 1 amide bonds. The number of nitrogens with zero attached hydrogens (tertiary/aromatic N) is 1. The number of anilines is 1. The molecule has 2 fully saturated rings. The Morgan fingerprint density at radius 3 is 2.32 bits per heavy atom. The van der Waals surface area contributed by atoms with Crippen molar-refractivity contribution in [3.8, 4) is 0 Å². The molecule has 4 atom stereocenters. The number of carbonyl (C=O) groups excluding carboxylic acids is 1. The highest BCUT2D eigenvalue weighted by Gasteiger charge is 2.39. The largest absolute Gasteiger partial charge is 0.445 e. The van der Waals surface area contributed by atoms with Gasteiger partial charge in [-0.25, -0.2) is 4.79 Å². The zero-order chi connectivity index (χ0) is 26.0. The van der Waals surface area contributed by atoms with E-state index in [2.05, 4.69) is 23.7 Å². The lowest BCUT2D eigenvalue weighted by molar-refractivity contribution is -0.276. The van der Waals surface area contributed by atoms with E-state index in [1.807, 2.05) is 48.5 Å². The summed E-state index contributed by atoms with van der Waals surface area (Å²) >= 11 is 0. The van der Waals surface area contributed by atoms with Gasteiger partial charge in [0.05, 0.1) is 18.8 Å². The predicted molar refractivity (Wildman–Crippen MR) is 144 cm³/mol. The van der Waals surface area contributed by atoms with Crippen molar-refractivity contribution < 1.29 is 24.1 Å². The van der Waals surface area contributed by atoms with E-state index in [4.69, 9.17) is 14.2 Å². The van der Waals surface area contributed by atoms with Crippen LogP contribution in [0.4, 0.5) is 10.5 Å². The molecule has 2 aromatic rings. The minimum Gasteiger partial charge on any atom is -0.445 e. The summed E-state index contributed by atoms with van der Waals surface area (Å²) in [6.07, 6.45) is 6.74. The molecule has 37 heavy (non-hydrogen) atoms. The van der Waals surface area contributed by atoms with Crippen LogP contribution in [-0.2, 0) is 20.8 Å². The minimum absolute atomic E-state index is 0.00683. The number of likely N-dealkylation sites (tertiary alicyclic amines) is 1. The summed E-state index contributed by atoms with van der Waals surface area (Å²) < 4.78 is 18.2. The van der Waals surface area contributed by atoms with Crippen molar-refractivity contribution in [3.05, 3.63) is 77.9 Å². The molecule has 0 aliphatic carbocycles. The highest BCUT2D eigenvalue weighted by atomic mass is 16.7. The highest BCUT2D eigenvalue weighted by Crippen LogP contribution is 2.42. The second kappa shape index (κ2) is 13.7. The van der Waals surface area contributed by atoms with Crippen molar-refractivity contribution >= 4 is 11.8 Å². The Labute approximate surface area is 220 Å². The van der Waals surface area contributed by atoms with Crippen LogP contribution in [0, 0.1) is 5.92 Å². The number of benzene rings is 2. The Bertz CT molecular complexity index is 986. The second-order valence-corrected chi connectivity index (χ2v) is 10.0. The van der Waals surface area contributed by atoms with E-state index >= 15 is 0 Å². The van der Waals surface area contributed by atoms with Crippen molar-refractivity contribution in [2.45, 2.75) is 64.1 Å². The Kier molecular flexibility index (Phi) is 10.1. The van der Waals surface area contributed by atoms with Gasteiger partial charge >= 0.3 is 6.09 Å². The van der Waals surface area contributed by atoms with E-state index in [9.17, 15) is 9.90 Å². The minimum atomic E-state index is -0.528. The predicted octanol–water partition coefficient (Wildman–Crippen LogP) is 5.97. The monoisotopic (exact) mass is 508 g/mol. The Hall–Kier alpha value is -2.71. The van der Waals surface area contributed by atoms with Crippen LogP contribution in [0.5, 0.6) is 0 Å². The molecular formula is C30H40N2O5. The molecule has 0 spiro atoms. The molecule has 7 heteroatoms. The van der Waals surface area contributed by atoms with Crippen molar-refractivity contribution in [2.24, 2.45) is 5.92 Å². The lowest BCUT2D eigenvalue weighted by atomic mass is 9.89. The molecule has 0 saturated carbocycles. The third-order valence-electron chi connectivity index (χ3n) is 7.27. The third kappa shape index (κ3) is 7.65. The molecule has 4 unspecified atom stereocenters. The van der Waals surface area contributed by atoms with E-state index in [0.717, 1.165) is 36.3 Å². The number of nitrogens with one attached hydrogen (secondary N) is 1. The Morgan fingerprint density at radius 2 is 1.68 bits per heavy atom. The van der Waals surface area contributed by atoms with Gasteiger partial charge < -0.3 is 24.2 Å². The third-order valence-corrected chi connectivity index (χ3v) is 7.27. The van der Waals surface area contributed by atoms with Crippen LogP contribution < -0.4 is 5.32 Å². The number of hydrogen-bond acceptors (Lipinski definition) is 6. The van der Waals surface area contributed by atoms with Crippen LogP contribution in [-0.4, -0.2) is 48.4 Å². The van der Waals surface area contributed by atoms with Gasteiger partial charge in [0.25, 0.3) is 0 Å². The normalized spacial score (nSPS) is 25.0. The smallest absolute Gasteiger partial charge is 0.411 e. The highest BCUT2D eigenvalue weighted by molar-refractivity contribution is 5.84. The number of hydrogen-bond donors (Lipinski definition) is 2. The molecule has 0 radical (unpaired) electrons. The van der Waals surface area contributed by atoms with E-state index < -0.39 is 12.4 Å². The quantitative estimate of drug-likeness (QED) is 0.428. The first-order valence-electron chi connectivity index (χ1n) is 13.4. The standard InChI is InChI=1S/C30H40N2O5/c1-3-19-35-30(34)31-26-15-13-25(14-16-26)29-36-27(20-32-17-7-5-4-6-8-18-32)22(2)28(37-29)24-11-9-23(21-33)10-12-24/h3,9-16,22,27-29,33H,1,4-8,17-21H2,2H3,(H,31,34). The molecule has 7 nitrogen and oxygen atoms in total. The second-order valence-electron chi connectivity index (χ2n) is 10.0. The van der Waals surface area contributed by atoms with Crippen LogP contribution in [0.3, 0.4) is 0 Å². The molecule has 2 aliphatic rings. The average molecular weight is 509 g/mol. The van der Waals surface area contributed by atoms with Crippen LogP contribution in [0.2, 0.25) is 0 Å². The molecule has 2 N–H and O–H groups in total. The molecule has 0 aromatic heterocycles. The van der Waals surface area contributed by atoms with E-state index in [0.29, 0.717) is 5.69 Å². The van der Waals surface area contributed by atoms with Crippen molar-refractivity contribution in [3.63, 3.8) is 0 Å². The van der Waals surface area contributed by atoms with Crippen LogP contribution >= 0.6 is 0 Å². The zero-order valence-electron chi connectivity index (χ0n) is 21.8. The first-order chi connectivity index (χ1) is 18.1. The molecule has 2 saturated heterocycles. The SMILES string of the molecule is C=CCOC(=O)Nc1ccc(C2OC(CN3CCCCCCC3)C(C)C(c3ccc(CO)cc3)O2)cc1. The summed E-state index contributed by atoms with van der Waals surface area (Å²) in [7, 11) is 0. The van der Waals surface area contributed by atoms with Crippen LogP contribution in [0.15, 0.2) is 61.2 Å². The van der Waals surface area contributed by atoms with Crippen molar-refractivity contribution in [1.29, 1.82) is 0 Å². The zero-order valence-corrected chi connectivity index (χ0v) is 21.8. The van der Waals surface area contributed by atoms with Gasteiger partial charge in [-0.3, -0.25) is 5.32 Å². The summed E-state index contributed by atoms with van der Waals surface area (Å²) in [4.78, 5) is 14.4. The van der Waals surface area contributed by atoms with Gasteiger partial charge in [-0.2, -0.15) is 0 Å². The van der Waals surface area contributed by atoms with Gasteiger partial charge in [-0.15, -0.1) is 0 Å². The molecule has 2 aromatic carbocycles. The summed E-state index contributed by atoms with van der Waals surface area (Å²) in [6, 6.07) is 15.5. The van der Waals surface area contributed by atoms with Gasteiger partial charge in [-0.1, -0.05) is 75.2 Å². The fourth-order valence-electron chi connectivity index (χ4n) is 5.09. The maximum atomic E-state index is 11.9. The van der Waals surface area contributed by atoms with Crippen molar-refractivity contribution in [2.75, 3.05) is 31.6 Å². The molecule has 2 heterocycles. The number of rotatable bonds is 8. The van der Waals surface area contributed by atoms with E-state index in [1.165, 1.54) is 38.2 Å². The van der Waals surface area contributed by atoms with Crippen LogP contribution in [0.1, 0.15) is 68.1 Å². The van der Waals surface area contributed by atoms with E-state index in [1.54, 1.807) is 0 Å². The summed E-state index contributed by atoms with van der Waals surface area (Å²) in [6.45, 7) is 9.02. The number of carbonyl (C=O) groups is 1. The summed E-state index contributed by atoms with van der Waals surface area (Å²) in [5, 5.41) is 12.2. The maximum Gasteiger partial charge on any atom is 0.411 e. The fraction of sp³-hybridized carbons (Fsp3) is 0.500. The lowest BCUT2D eigenvalue weighted by Crippen LogP contribution is -2.45. The van der Waals surface area contributed by atoms with Crippen molar-refractivity contribution in [1.82, 2.24) is 4.90 Å². The van der Waals surface area contributed by atoms with Gasteiger partial charge in [-0.05, 0) is 49.2 Å². The average Bonchev–Trinajstić information content (AvgIpc) is 2.90.